The van der Waals surface area contributed by atoms with E-state index < -0.39 is 67.4 Å². The second-order valence-corrected chi connectivity index (χ2v) is 7.30. The Morgan fingerprint density at radius 1 is 1.12 bits per heavy atom. The van der Waals surface area contributed by atoms with Gasteiger partial charge in [0.25, 0.3) is 5.91 Å². The third-order valence-corrected chi connectivity index (χ3v) is 4.17. The molecule has 2 N–H and O–H groups in total. The minimum Gasteiger partial charge on any atom is -0.506 e. The number of alkyl halides is 2. The van der Waals surface area contributed by atoms with Crippen LogP contribution >= 0.6 is 25.2 Å². The van der Waals surface area contributed by atoms with E-state index in [2.05, 4.69) is 15.9 Å². The minimum atomic E-state index is -2.57. The van der Waals surface area contributed by atoms with Crippen LogP contribution in [0.2, 0.25) is 0 Å². The van der Waals surface area contributed by atoms with Crippen LogP contribution in [0.5, 0.6) is 5.75 Å². The van der Waals surface area contributed by atoms with Crippen molar-refractivity contribution in [2.24, 2.45) is 0 Å². The quantitative estimate of drug-likeness (QED) is 0.180. The van der Waals surface area contributed by atoms with Crippen LogP contribution in [0.25, 0.3) is 11.1 Å². The molecule has 0 aliphatic rings. The molecule has 0 bridgehead atoms. The van der Waals surface area contributed by atoms with Gasteiger partial charge in [0, 0.05) is 16.9 Å². The summed E-state index contributed by atoms with van der Waals surface area (Å²) in [7, 11) is 1.51. The SMILES string of the molecule is CC(F)(Br)C(=O)Nc1cc(-c2c(F)c(F)c(F)c(P)c2F)c(F)cc1O. The second kappa shape index (κ2) is 7.08. The zero-order valence-corrected chi connectivity index (χ0v) is 15.5. The Kier molecular flexibility index (Phi) is 5.58. The Labute approximate surface area is 153 Å². The zero-order valence-electron chi connectivity index (χ0n) is 12.7. The summed E-state index contributed by atoms with van der Waals surface area (Å²) >= 11 is 2.41. The monoisotopic (exact) mass is 459 g/mol. The van der Waals surface area contributed by atoms with Gasteiger partial charge in [0.15, 0.2) is 17.5 Å². The van der Waals surface area contributed by atoms with E-state index in [1.807, 2.05) is 5.32 Å². The summed E-state index contributed by atoms with van der Waals surface area (Å²) in [4.78, 5) is 11.6. The fraction of sp³-hybridized carbons (Fsp3) is 0.133. The number of carbonyl (C=O) groups is 1. The first-order valence-electron chi connectivity index (χ1n) is 6.69. The molecule has 2 aromatic rings. The molecule has 0 radical (unpaired) electrons. The van der Waals surface area contributed by atoms with Crippen LogP contribution in [0, 0.1) is 29.1 Å². The van der Waals surface area contributed by atoms with Gasteiger partial charge >= 0.3 is 0 Å². The van der Waals surface area contributed by atoms with Crippen molar-refractivity contribution in [2.45, 2.75) is 11.5 Å². The van der Waals surface area contributed by atoms with Gasteiger partial charge in [0.05, 0.1) is 11.3 Å². The fourth-order valence-corrected chi connectivity index (χ4v) is 2.34. The van der Waals surface area contributed by atoms with Crippen LogP contribution in [-0.2, 0) is 4.79 Å². The topological polar surface area (TPSA) is 49.3 Å². The van der Waals surface area contributed by atoms with E-state index in [1.54, 1.807) is 0 Å². The molecule has 3 nitrogen and oxygen atoms in total. The van der Waals surface area contributed by atoms with E-state index in [4.69, 9.17) is 0 Å². The summed E-state index contributed by atoms with van der Waals surface area (Å²) in [6.07, 6.45) is 0. The second-order valence-electron chi connectivity index (χ2n) is 5.24. The third kappa shape index (κ3) is 3.66. The molecule has 0 spiro atoms. The number of benzene rings is 2. The molecule has 140 valence electrons. The van der Waals surface area contributed by atoms with Crippen LogP contribution < -0.4 is 10.6 Å². The molecule has 0 aliphatic heterocycles. The maximum atomic E-state index is 14.2. The van der Waals surface area contributed by atoms with Crippen molar-refractivity contribution in [1.82, 2.24) is 0 Å². The summed E-state index contributed by atoms with van der Waals surface area (Å²) < 4.78 is 80.2. The van der Waals surface area contributed by atoms with Gasteiger partial charge in [0.2, 0.25) is 4.58 Å². The Hall–Kier alpha value is -1.80. The number of phenolic OH excluding ortho intramolecular Hbond substituents is 1. The molecule has 0 aliphatic carbocycles. The average Bonchev–Trinajstić information content (AvgIpc) is 2.54. The molecule has 0 fully saturated rings. The number of anilines is 1. The van der Waals surface area contributed by atoms with E-state index in [-0.39, 0.29) is 0 Å². The maximum Gasteiger partial charge on any atom is 0.273 e. The normalized spacial score (nSPS) is 13.4. The van der Waals surface area contributed by atoms with Gasteiger partial charge in [-0.25, -0.2) is 26.3 Å². The smallest absolute Gasteiger partial charge is 0.273 e. The fourth-order valence-electron chi connectivity index (χ4n) is 1.97. The lowest BCUT2D eigenvalue weighted by Gasteiger charge is -2.16. The van der Waals surface area contributed by atoms with Crippen molar-refractivity contribution >= 4 is 42.1 Å². The molecule has 2 unspecified atom stereocenters. The van der Waals surface area contributed by atoms with E-state index >= 15 is 0 Å². The predicted octanol–water partition coefficient (Wildman–Crippen LogP) is 4.27. The van der Waals surface area contributed by atoms with Gasteiger partial charge in [-0.15, -0.1) is 0 Å². The molecule has 26 heavy (non-hydrogen) atoms. The highest BCUT2D eigenvalue weighted by molar-refractivity contribution is 9.10. The molecule has 1 amide bonds. The number of rotatable bonds is 3. The first-order valence-corrected chi connectivity index (χ1v) is 8.06. The highest BCUT2D eigenvalue weighted by atomic mass is 79.9. The lowest BCUT2D eigenvalue weighted by molar-refractivity contribution is -0.121. The van der Waals surface area contributed by atoms with E-state index in [0.717, 1.165) is 6.92 Å². The van der Waals surface area contributed by atoms with Gasteiger partial charge < -0.3 is 10.4 Å². The molecule has 0 saturated heterocycles. The van der Waals surface area contributed by atoms with Gasteiger partial charge in [-0.1, -0.05) is 9.24 Å². The molecule has 0 aromatic heterocycles. The van der Waals surface area contributed by atoms with E-state index in [9.17, 15) is 36.2 Å². The highest BCUT2D eigenvalue weighted by Crippen LogP contribution is 2.37. The first-order chi connectivity index (χ1) is 11.9. The van der Waals surface area contributed by atoms with Crippen LogP contribution in [-0.4, -0.2) is 15.6 Å². The van der Waals surface area contributed by atoms with E-state index in [0.29, 0.717) is 12.1 Å². The molecule has 11 heteroatoms. The van der Waals surface area contributed by atoms with Gasteiger partial charge in [0.1, 0.15) is 17.4 Å². The molecular weight excluding hydrogens is 451 g/mol. The summed E-state index contributed by atoms with van der Waals surface area (Å²) in [6, 6.07) is 0.932. The van der Waals surface area contributed by atoms with Gasteiger partial charge in [-0.2, -0.15) is 0 Å². The Bertz CT molecular complexity index is 887. The highest BCUT2D eigenvalue weighted by Gasteiger charge is 2.31. The van der Waals surface area contributed by atoms with Crippen LogP contribution in [0.3, 0.4) is 0 Å². The summed E-state index contributed by atoms with van der Waals surface area (Å²) in [5, 5.41) is 10.5. The van der Waals surface area contributed by atoms with Crippen molar-refractivity contribution in [2.75, 3.05) is 5.32 Å². The Morgan fingerprint density at radius 3 is 2.23 bits per heavy atom. The number of phenols is 1. The first kappa shape index (κ1) is 20.5. The largest absolute Gasteiger partial charge is 0.506 e. The number of halogens is 7. The number of hydrogen-bond acceptors (Lipinski definition) is 2. The zero-order chi connectivity index (χ0) is 20.0. The Morgan fingerprint density at radius 2 is 1.69 bits per heavy atom. The number of nitrogens with one attached hydrogen (secondary N) is 1. The third-order valence-electron chi connectivity index (χ3n) is 3.30. The average molecular weight is 460 g/mol. The number of amides is 1. The van der Waals surface area contributed by atoms with Crippen LogP contribution in [0.1, 0.15) is 6.92 Å². The molecule has 0 heterocycles. The van der Waals surface area contributed by atoms with Crippen molar-refractivity contribution in [3.63, 3.8) is 0 Å². The number of hydrogen-bond donors (Lipinski definition) is 2. The van der Waals surface area contributed by atoms with Gasteiger partial charge in [-0.3, -0.25) is 4.79 Å². The number of aromatic hydroxyl groups is 1. The van der Waals surface area contributed by atoms with E-state index in [1.165, 1.54) is 9.24 Å². The molecule has 2 rings (SSSR count). The van der Waals surface area contributed by atoms with Crippen molar-refractivity contribution in [1.29, 1.82) is 0 Å². The lowest BCUT2D eigenvalue weighted by atomic mass is 10.0. The van der Waals surface area contributed by atoms with Gasteiger partial charge in [-0.05, 0) is 28.9 Å². The lowest BCUT2D eigenvalue weighted by Crippen LogP contribution is -2.29. The molecular formula is C15H9BrF6NO2P. The van der Waals surface area contributed by atoms with Crippen LogP contribution in [0.4, 0.5) is 32.0 Å². The maximum absolute atomic E-state index is 14.2. The van der Waals surface area contributed by atoms with Crippen LogP contribution in [0.15, 0.2) is 12.1 Å². The minimum absolute atomic E-state index is 0.372. The summed E-state index contributed by atoms with van der Waals surface area (Å²) in [5.74, 6) is -11.1. The summed E-state index contributed by atoms with van der Waals surface area (Å²) in [6.45, 7) is 0.819. The predicted molar refractivity (Wildman–Crippen MR) is 89.7 cm³/mol. The standard InChI is InChI=1S/C15H9BrF6NO2P/c1-15(16,22)14(25)23-6-2-4(5(17)3-7(6)24)8-9(18)11(20)12(21)13(26)10(8)19/h2-3,24H,26H2,1H3,(H,23,25). The van der Waals surface area contributed by atoms with Crippen molar-refractivity contribution in [3.05, 3.63) is 41.2 Å². The van der Waals surface area contributed by atoms with Crippen molar-refractivity contribution < 1.29 is 36.2 Å². The molecule has 2 aromatic carbocycles. The van der Waals surface area contributed by atoms with Crippen molar-refractivity contribution in [3.8, 4) is 16.9 Å². The Balaban J connectivity index is 2.70. The molecule has 2 atom stereocenters. The molecule has 0 saturated carbocycles. The number of carbonyl (C=O) groups excluding carboxylic acids is 1. The summed E-state index contributed by atoms with van der Waals surface area (Å²) in [5.41, 5.74) is -2.79.